The molecule has 3 rings (SSSR count). The van der Waals surface area contributed by atoms with Crippen molar-refractivity contribution < 1.29 is 34.2 Å². The van der Waals surface area contributed by atoms with Crippen molar-refractivity contribution in [1.82, 2.24) is 20.4 Å². The van der Waals surface area contributed by atoms with Crippen LogP contribution in [0.5, 0.6) is 5.75 Å². The summed E-state index contributed by atoms with van der Waals surface area (Å²) in [5, 5.41) is 26.1. The van der Waals surface area contributed by atoms with Gasteiger partial charge in [0.15, 0.2) is 0 Å². The number of phenols is 1. The fraction of sp³-hybridized carbons (Fsp3) is 0.500. The molecule has 3 aromatic rings. The number of nitrogens with two attached hydrogens (primary N) is 2. The highest BCUT2D eigenvalue weighted by atomic mass is 16.4. The number of hydrogen-bond donors (Lipinski definition) is 6. The van der Waals surface area contributed by atoms with E-state index in [2.05, 4.69) is 10.6 Å². The summed E-state index contributed by atoms with van der Waals surface area (Å²) >= 11 is 0. The van der Waals surface area contributed by atoms with Gasteiger partial charge < -0.3 is 42.1 Å². The molecule has 4 amide bonds. The van der Waals surface area contributed by atoms with Crippen molar-refractivity contribution in [3.63, 3.8) is 0 Å². The Morgan fingerprint density at radius 2 is 1.10 bits per heavy atom. The van der Waals surface area contributed by atoms with Crippen molar-refractivity contribution in [3.8, 4) is 5.75 Å². The Bertz CT molecular complexity index is 1690. The summed E-state index contributed by atoms with van der Waals surface area (Å²) in [6, 6.07) is 20.0. The molecule has 13 nitrogen and oxygen atoms in total. The lowest BCUT2D eigenvalue weighted by Crippen LogP contribution is -2.60. The zero-order valence-electron chi connectivity index (χ0n) is 34.8. The summed E-state index contributed by atoms with van der Waals surface area (Å²) in [6.45, 7) is 5.55. The van der Waals surface area contributed by atoms with E-state index < -0.39 is 47.9 Å². The van der Waals surface area contributed by atoms with E-state index in [0.717, 1.165) is 37.7 Å². The molecular formula is C46H66N6O7. The predicted octanol–water partition coefficient (Wildman–Crippen LogP) is 4.58. The van der Waals surface area contributed by atoms with Crippen LogP contribution in [0.4, 0.5) is 0 Å². The predicted molar refractivity (Wildman–Crippen MR) is 230 cm³/mol. The van der Waals surface area contributed by atoms with Crippen LogP contribution < -0.4 is 22.1 Å². The van der Waals surface area contributed by atoms with Gasteiger partial charge in [-0.3, -0.25) is 19.2 Å². The molecule has 59 heavy (non-hydrogen) atoms. The summed E-state index contributed by atoms with van der Waals surface area (Å²) < 4.78 is 0. The molecule has 0 saturated carbocycles. The zero-order chi connectivity index (χ0) is 43.0. The minimum atomic E-state index is -1.30. The second-order valence-corrected chi connectivity index (χ2v) is 15.7. The van der Waals surface area contributed by atoms with E-state index >= 15 is 4.79 Å². The minimum Gasteiger partial charge on any atom is -0.508 e. The number of carboxylic acids is 1. The molecule has 322 valence electrons. The molecule has 0 aliphatic carbocycles. The number of carbonyl (C=O) groups excluding carboxylic acids is 4. The first kappa shape index (κ1) is 48.1. The summed E-state index contributed by atoms with van der Waals surface area (Å²) in [5.74, 6) is -2.81. The summed E-state index contributed by atoms with van der Waals surface area (Å²) in [7, 11) is 0. The quantitative estimate of drug-likeness (QED) is 0.0428. The standard InChI is InChI=1S/C46H66N6O7/c1-34(2)29-41(51(33-53)27-15-5-3-13-25-47)43(55)49-39(30-35-17-9-7-10-18-35)45(57)52(28-16-6-4-14-26-48)42(32-37-21-23-38(54)24-22-37)44(56)50-40(46(58)59)31-36-19-11-8-12-20-36/h7-12,17-24,33-34,39-42,54H,3-6,13-16,25-32,47-48H2,1-2H3,(H,49,55)(H,50,56)(H,58,59)/t39-,40-,41-,42-/m0/s1. The van der Waals surface area contributed by atoms with E-state index in [9.17, 15) is 29.4 Å². The maximum atomic E-state index is 15.2. The van der Waals surface area contributed by atoms with Gasteiger partial charge in [-0.15, -0.1) is 0 Å². The largest absolute Gasteiger partial charge is 0.508 e. The van der Waals surface area contributed by atoms with Crippen LogP contribution in [-0.4, -0.2) is 100 Å². The number of aromatic hydroxyl groups is 1. The van der Waals surface area contributed by atoms with Crippen LogP contribution in [-0.2, 0) is 43.2 Å². The number of amides is 4. The number of carboxylic acid groups (broad SMARTS) is 1. The Labute approximate surface area is 349 Å². The monoisotopic (exact) mass is 814 g/mol. The maximum absolute atomic E-state index is 15.2. The van der Waals surface area contributed by atoms with Gasteiger partial charge in [-0.2, -0.15) is 0 Å². The van der Waals surface area contributed by atoms with E-state index in [1.807, 2.05) is 50.2 Å². The number of phenolic OH excluding ortho intramolecular Hbond substituents is 1. The molecule has 3 aromatic carbocycles. The van der Waals surface area contributed by atoms with Gasteiger partial charge in [0.25, 0.3) is 0 Å². The third-order valence-corrected chi connectivity index (χ3v) is 10.4. The Morgan fingerprint density at radius 1 is 0.627 bits per heavy atom. The van der Waals surface area contributed by atoms with Gasteiger partial charge >= 0.3 is 5.97 Å². The first-order chi connectivity index (χ1) is 28.5. The molecule has 13 heteroatoms. The van der Waals surface area contributed by atoms with Gasteiger partial charge in [0.1, 0.15) is 29.9 Å². The molecule has 0 fully saturated rings. The minimum absolute atomic E-state index is 0.00336. The number of nitrogens with zero attached hydrogens (tertiary/aromatic N) is 2. The lowest BCUT2D eigenvalue weighted by molar-refractivity contribution is -0.146. The van der Waals surface area contributed by atoms with Crippen molar-refractivity contribution in [2.45, 2.75) is 115 Å². The first-order valence-electron chi connectivity index (χ1n) is 21.1. The number of benzene rings is 3. The van der Waals surface area contributed by atoms with Crippen LogP contribution >= 0.6 is 0 Å². The molecule has 4 atom stereocenters. The van der Waals surface area contributed by atoms with Gasteiger partial charge in [-0.25, -0.2) is 4.79 Å². The molecule has 0 saturated heterocycles. The number of nitrogens with one attached hydrogen (secondary N) is 2. The summed E-state index contributed by atoms with van der Waals surface area (Å²) in [4.78, 5) is 72.3. The van der Waals surface area contributed by atoms with Crippen LogP contribution in [0, 0.1) is 5.92 Å². The summed E-state index contributed by atoms with van der Waals surface area (Å²) in [5.41, 5.74) is 13.5. The first-order valence-corrected chi connectivity index (χ1v) is 21.1. The Balaban J connectivity index is 2.08. The molecule has 0 aliphatic heterocycles. The molecule has 0 bridgehead atoms. The van der Waals surface area contributed by atoms with Crippen molar-refractivity contribution in [3.05, 3.63) is 102 Å². The Morgan fingerprint density at radius 3 is 1.61 bits per heavy atom. The van der Waals surface area contributed by atoms with Crippen molar-refractivity contribution in [2.75, 3.05) is 26.2 Å². The molecule has 8 N–H and O–H groups in total. The van der Waals surface area contributed by atoms with Gasteiger partial charge in [0.2, 0.25) is 24.1 Å². The lowest BCUT2D eigenvalue weighted by Gasteiger charge is -2.36. The van der Waals surface area contributed by atoms with Crippen molar-refractivity contribution >= 4 is 30.1 Å². The number of aliphatic carboxylic acids is 1. The van der Waals surface area contributed by atoms with Crippen LogP contribution in [0.1, 0.15) is 88.3 Å². The van der Waals surface area contributed by atoms with Crippen LogP contribution in [0.2, 0.25) is 0 Å². The highest BCUT2D eigenvalue weighted by Crippen LogP contribution is 2.20. The van der Waals surface area contributed by atoms with Gasteiger partial charge in [0, 0.05) is 32.4 Å². The van der Waals surface area contributed by atoms with Gasteiger partial charge in [0.05, 0.1) is 0 Å². The molecule has 0 heterocycles. The molecular weight excluding hydrogens is 749 g/mol. The van der Waals surface area contributed by atoms with Crippen LogP contribution in [0.25, 0.3) is 0 Å². The smallest absolute Gasteiger partial charge is 0.326 e. The van der Waals surface area contributed by atoms with E-state index in [1.54, 1.807) is 36.4 Å². The average molecular weight is 815 g/mol. The summed E-state index contributed by atoms with van der Waals surface area (Å²) in [6.07, 6.45) is 7.35. The van der Waals surface area contributed by atoms with Crippen LogP contribution in [0.3, 0.4) is 0 Å². The highest BCUT2D eigenvalue weighted by Gasteiger charge is 2.38. The van der Waals surface area contributed by atoms with Crippen molar-refractivity contribution in [1.29, 1.82) is 0 Å². The number of unbranched alkanes of at least 4 members (excludes halogenated alkanes) is 6. The highest BCUT2D eigenvalue weighted by molar-refractivity contribution is 5.95. The van der Waals surface area contributed by atoms with Gasteiger partial charge in [-0.05, 0) is 79.9 Å². The third kappa shape index (κ3) is 17.2. The zero-order valence-corrected chi connectivity index (χ0v) is 34.8. The van der Waals surface area contributed by atoms with E-state index in [4.69, 9.17) is 11.5 Å². The number of hydrogen-bond acceptors (Lipinski definition) is 8. The van der Waals surface area contributed by atoms with E-state index in [0.29, 0.717) is 62.9 Å². The molecule has 0 aliphatic rings. The van der Waals surface area contributed by atoms with E-state index in [1.165, 1.54) is 21.9 Å². The number of rotatable bonds is 29. The van der Waals surface area contributed by atoms with Gasteiger partial charge in [-0.1, -0.05) is 112 Å². The molecule has 0 radical (unpaired) electrons. The number of carbonyl (C=O) groups is 5. The lowest BCUT2D eigenvalue weighted by atomic mass is 9.97. The SMILES string of the molecule is CC(C)C[C@@H](C(=O)N[C@@H](Cc1ccccc1)C(=O)N(CCCCCCN)[C@@H](Cc1ccc(O)cc1)C(=O)N[C@@H](Cc1ccccc1)C(=O)O)N(C=O)CCCCCCN. The molecule has 0 aromatic heterocycles. The Kier molecular flexibility index (Phi) is 21.7. The average Bonchev–Trinajstić information content (AvgIpc) is 3.22. The van der Waals surface area contributed by atoms with Crippen LogP contribution in [0.15, 0.2) is 84.9 Å². The topological polar surface area (TPSA) is 208 Å². The molecule has 0 unspecified atom stereocenters. The molecule has 0 spiro atoms. The second kappa shape index (κ2) is 26.7. The maximum Gasteiger partial charge on any atom is 0.326 e. The Hall–Kier alpha value is -5.27. The fourth-order valence-corrected chi connectivity index (χ4v) is 7.15. The second-order valence-electron chi connectivity index (χ2n) is 15.7. The fourth-order valence-electron chi connectivity index (χ4n) is 7.15. The third-order valence-electron chi connectivity index (χ3n) is 10.4. The van der Waals surface area contributed by atoms with E-state index in [-0.39, 0.29) is 37.5 Å². The van der Waals surface area contributed by atoms with Crippen molar-refractivity contribution in [2.24, 2.45) is 17.4 Å². The normalized spacial score (nSPS) is 13.2.